The average molecular weight is 470 g/mol. The monoisotopic (exact) mass is 469 g/mol. The van der Waals surface area contributed by atoms with Gasteiger partial charge in [-0.1, -0.05) is 104 Å². The molecule has 3 aliphatic carbocycles. The van der Waals surface area contributed by atoms with Gasteiger partial charge in [-0.3, -0.25) is 0 Å². The van der Waals surface area contributed by atoms with E-state index in [0.717, 1.165) is 6.42 Å². The van der Waals surface area contributed by atoms with Crippen LogP contribution in [-0.2, 0) is 0 Å². The molecule has 0 saturated heterocycles. The Morgan fingerprint density at radius 1 is 0.694 bits per heavy atom. The maximum absolute atomic E-state index is 2.63. The lowest BCUT2D eigenvalue weighted by Crippen LogP contribution is -2.59. The molecule has 0 spiro atoms. The van der Waals surface area contributed by atoms with E-state index in [1.165, 1.54) is 39.2 Å². The molecule has 36 heavy (non-hydrogen) atoms. The van der Waals surface area contributed by atoms with Gasteiger partial charge in [0.1, 0.15) is 0 Å². The van der Waals surface area contributed by atoms with Crippen molar-refractivity contribution >= 4 is 23.5 Å². The summed E-state index contributed by atoms with van der Waals surface area (Å²) >= 11 is 0. The molecule has 0 amide bonds. The molecule has 0 fully saturated rings. The van der Waals surface area contributed by atoms with Crippen molar-refractivity contribution in [2.75, 3.05) is 4.90 Å². The number of allylic oxidation sites excluding steroid dienone is 4. The van der Waals surface area contributed by atoms with Crippen LogP contribution < -0.4 is 4.90 Å². The van der Waals surface area contributed by atoms with Gasteiger partial charge in [0, 0.05) is 22.7 Å². The molecule has 0 saturated carbocycles. The first-order chi connectivity index (χ1) is 17.4. The van der Waals surface area contributed by atoms with E-state index in [0.29, 0.717) is 11.8 Å². The van der Waals surface area contributed by atoms with Crippen LogP contribution in [0, 0.1) is 38.0 Å². The molecule has 6 rings (SSSR count). The van der Waals surface area contributed by atoms with E-state index in [9.17, 15) is 0 Å². The van der Waals surface area contributed by atoms with Crippen molar-refractivity contribution < 1.29 is 0 Å². The SMILES string of the molecule is Cc1ccc(C=Cc2ccc(N(c3ccc(C)c(C)c3)[C@]34C=CC(C=CC5C=CC53C)C4)cc2)cc1. The summed E-state index contributed by atoms with van der Waals surface area (Å²) in [7, 11) is 0. The van der Waals surface area contributed by atoms with E-state index < -0.39 is 0 Å². The average Bonchev–Trinajstić information content (AvgIpc) is 3.28. The van der Waals surface area contributed by atoms with Crippen LogP contribution in [0.25, 0.3) is 12.2 Å². The molecule has 4 atom stereocenters. The lowest BCUT2D eigenvalue weighted by atomic mass is 9.56. The fraction of sp³-hybridized carbons (Fsp3) is 0.257. The summed E-state index contributed by atoms with van der Waals surface area (Å²) in [6.07, 6.45) is 20.1. The fourth-order valence-electron chi connectivity index (χ4n) is 6.25. The van der Waals surface area contributed by atoms with Crippen LogP contribution in [0.2, 0.25) is 0 Å². The van der Waals surface area contributed by atoms with Crippen LogP contribution in [0.5, 0.6) is 0 Å². The molecular formula is C35H35N. The van der Waals surface area contributed by atoms with Crippen molar-refractivity contribution in [1.82, 2.24) is 0 Å². The second-order valence-corrected chi connectivity index (χ2v) is 11.1. The van der Waals surface area contributed by atoms with Crippen molar-refractivity contribution in [1.29, 1.82) is 0 Å². The van der Waals surface area contributed by atoms with Crippen LogP contribution in [0.1, 0.15) is 41.2 Å². The summed E-state index contributed by atoms with van der Waals surface area (Å²) in [5, 5.41) is 0. The molecule has 0 radical (unpaired) electrons. The number of benzene rings is 3. The van der Waals surface area contributed by atoms with Gasteiger partial charge in [-0.15, -0.1) is 0 Å². The number of aryl methyl sites for hydroxylation is 3. The molecule has 0 heterocycles. The van der Waals surface area contributed by atoms with Crippen molar-refractivity contribution in [3.8, 4) is 0 Å². The Morgan fingerprint density at radius 3 is 2.00 bits per heavy atom. The summed E-state index contributed by atoms with van der Waals surface area (Å²) < 4.78 is 0. The molecular weight excluding hydrogens is 434 g/mol. The van der Waals surface area contributed by atoms with Gasteiger partial charge in [0.05, 0.1) is 5.54 Å². The minimum atomic E-state index is -0.110. The second-order valence-electron chi connectivity index (χ2n) is 11.1. The second kappa shape index (κ2) is 8.52. The summed E-state index contributed by atoms with van der Waals surface area (Å²) in [6, 6.07) is 24.7. The highest BCUT2D eigenvalue weighted by molar-refractivity contribution is 5.74. The third kappa shape index (κ3) is 3.61. The zero-order chi connectivity index (χ0) is 24.9. The summed E-state index contributed by atoms with van der Waals surface area (Å²) in [6.45, 7) is 9.00. The largest absolute Gasteiger partial charge is 0.331 e. The van der Waals surface area contributed by atoms with E-state index in [2.05, 4.69) is 148 Å². The van der Waals surface area contributed by atoms with Crippen molar-refractivity contribution in [3.63, 3.8) is 0 Å². The van der Waals surface area contributed by atoms with E-state index in [4.69, 9.17) is 0 Å². The molecule has 3 aromatic carbocycles. The standard InChI is InChI=1S/C35H35N/c1-25-5-8-28(9-6-25)10-11-29-13-17-32(18-14-29)36(33-16-7-26(2)27(3)23-33)35-22-19-30(24-35)12-15-31-20-21-34(31,35)4/h5-23,30-31H,24H2,1-4H3/t30?,31?,34?,35-/m0/s1. The molecule has 0 aromatic heterocycles. The number of hydrogen-bond acceptors (Lipinski definition) is 1. The molecule has 0 aliphatic heterocycles. The smallest absolute Gasteiger partial charge is 0.0738 e. The van der Waals surface area contributed by atoms with Gasteiger partial charge >= 0.3 is 0 Å². The van der Waals surface area contributed by atoms with Gasteiger partial charge in [-0.25, -0.2) is 0 Å². The van der Waals surface area contributed by atoms with Crippen molar-refractivity contribution in [2.45, 2.75) is 39.7 Å². The third-order valence-corrected chi connectivity index (χ3v) is 8.85. The zero-order valence-electron chi connectivity index (χ0n) is 21.8. The van der Waals surface area contributed by atoms with Crippen LogP contribution >= 0.6 is 0 Å². The van der Waals surface area contributed by atoms with Crippen molar-refractivity contribution in [3.05, 3.63) is 131 Å². The normalized spacial score (nSPS) is 27.7. The van der Waals surface area contributed by atoms with Gasteiger partial charge < -0.3 is 4.90 Å². The molecule has 3 aliphatic rings. The van der Waals surface area contributed by atoms with Crippen LogP contribution in [0.4, 0.5) is 11.4 Å². The van der Waals surface area contributed by atoms with Gasteiger partial charge in [-0.2, -0.15) is 0 Å². The third-order valence-electron chi connectivity index (χ3n) is 8.85. The Labute approximate surface area is 216 Å². The highest BCUT2D eigenvalue weighted by Gasteiger charge is 2.58. The van der Waals surface area contributed by atoms with E-state index in [-0.39, 0.29) is 11.0 Å². The number of fused-ring (bicyclic) bond motifs is 4. The first-order valence-corrected chi connectivity index (χ1v) is 13.2. The summed E-state index contributed by atoms with van der Waals surface area (Å²) in [5.41, 5.74) is 8.86. The molecule has 1 nitrogen and oxygen atoms in total. The number of nitrogens with zero attached hydrogens (tertiary/aromatic N) is 1. The Balaban J connectivity index is 1.42. The van der Waals surface area contributed by atoms with Gasteiger partial charge in [0.25, 0.3) is 0 Å². The molecule has 0 N–H and O–H groups in total. The highest BCUT2D eigenvalue weighted by atomic mass is 15.2. The Morgan fingerprint density at radius 2 is 1.36 bits per heavy atom. The van der Waals surface area contributed by atoms with Gasteiger partial charge in [-0.05, 0) is 79.6 Å². The quantitative estimate of drug-likeness (QED) is 0.266. The van der Waals surface area contributed by atoms with Gasteiger partial charge in [0.15, 0.2) is 0 Å². The molecule has 180 valence electrons. The molecule has 2 bridgehead atoms. The van der Waals surface area contributed by atoms with E-state index in [1.807, 2.05) is 0 Å². The minimum Gasteiger partial charge on any atom is -0.331 e. The lowest BCUT2D eigenvalue weighted by molar-refractivity contribution is 0.182. The topological polar surface area (TPSA) is 3.24 Å². The van der Waals surface area contributed by atoms with E-state index in [1.54, 1.807) is 0 Å². The maximum Gasteiger partial charge on any atom is 0.0738 e. The molecule has 3 aromatic rings. The molecule has 3 unspecified atom stereocenters. The number of hydrogen-bond donors (Lipinski definition) is 0. The summed E-state index contributed by atoms with van der Waals surface area (Å²) in [5.74, 6) is 0.957. The highest BCUT2D eigenvalue weighted by Crippen LogP contribution is 2.60. The maximum atomic E-state index is 2.63. The molecule has 1 heteroatoms. The number of anilines is 2. The fourth-order valence-corrected chi connectivity index (χ4v) is 6.25. The summed E-state index contributed by atoms with van der Waals surface area (Å²) in [4.78, 5) is 2.63. The Hall–Kier alpha value is -3.58. The first-order valence-electron chi connectivity index (χ1n) is 13.2. The minimum absolute atomic E-state index is 0.0497. The van der Waals surface area contributed by atoms with Gasteiger partial charge in [0.2, 0.25) is 0 Å². The van der Waals surface area contributed by atoms with Crippen LogP contribution in [0.3, 0.4) is 0 Å². The van der Waals surface area contributed by atoms with E-state index >= 15 is 0 Å². The van der Waals surface area contributed by atoms with Crippen LogP contribution in [-0.4, -0.2) is 5.54 Å². The predicted molar refractivity (Wildman–Crippen MR) is 154 cm³/mol. The first kappa shape index (κ1) is 22.9. The predicted octanol–water partition coefficient (Wildman–Crippen LogP) is 9.00. The Kier molecular flexibility index (Phi) is 5.41. The Bertz CT molecular complexity index is 1400. The van der Waals surface area contributed by atoms with Crippen LogP contribution in [0.15, 0.2) is 103 Å². The van der Waals surface area contributed by atoms with Crippen molar-refractivity contribution in [2.24, 2.45) is 17.3 Å². The number of rotatable bonds is 5. The zero-order valence-corrected chi connectivity index (χ0v) is 21.8. The lowest BCUT2D eigenvalue weighted by Gasteiger charge is -2.57.